The number of aliphatic hydroxyl groups is 1. The lowest BCUT2D eigenvalue weighted by Crippen LogP contribution is -2.58. The first-order chi connectivity index (χ1) is 9.53. The average Bonchev–Trinajstić information content (AvgIpc) is 2.92. The Bertz CT molecular complexity index is 537. The molecule has 0 radical (unpaired) electrons. The maximum Gasteiger partial charge on any atom is 0.311 e. The highest BCUT2D eigenvalue weighted by molar-refractivity contribution is 5.48. The maximum absolute atomic E-state index is 11.1. The van der Waals surface area contributed by atoms with Crippen LogP contribution in [0, 0.1) is 22.5 Å². The molecule has 20 heavy (non-hydrogen) atoms. The van der Waals surface area contributed by atoms with Gasteiger partial charge < -0.3 is 9.84 Å². The molecule has 2 aliphatic rings. The molecule has 0 aromatic heterocycles. The van der Waals surface area contributed by atoms with E-state index in [0.717, 1.165) is 31.2 Å². The molecule has 2 unspecified atom stereocenters. The van der Waals surface area contributed by atoms with Gasteiger partial charge in [0.05, 0.1) is 11.0 Å². The van der Waals surface area contributed by atoms with E-state index >= 15 is 0 Å². The Balaban J connectivity index is 1.84. The number of nitrogens with zero attached hydrogens (tertiary/aromatic N) is 1. The van der Waals surface area contributed by atoms with E-state index in [0.29, 0.717) is 12.2 Å². The van der Waals surface area contributed by atoms with Crippen LogP contribution < -0.4 is 4.74 Å². The van der Waals surface area contributed by atoms with Crippen molar-refractivity contribution >= 4 is 5.69 Å². The summed E-state index contributed by atoms with van der Waals surface area (Å²) in [4.78, 5) is 10.7. The van der Waals surface area contributed by atoms with Gasteiger partial charge in [0.15, 0.2) is 5.75 Å². The molecular formula is C15H19NO4. The fourth-order valence-electron chi connectivity index (χ4n) is 3.60. The van der Waals surface area contributed by atoms with Crippen LogP contribution in [0.2, 0.25) is 0 Å². The van der Waals surface area contributed by atoms with Crippen molar-refractivity contribution in [3.05, 3.63) is 33.9 Å². The third-order valence-corrected chi connectivity index (χ3v) is 4.86. The lowest BCUT2D eigenvalue weighted by molar-refractivity contribution is -0.386. The SMILES string of the molecule is Cc1ccc(OC2CC(O)C23CCCC3)c([N+](=O)[O-])c1. The second-order valence-electron chi connectivity index (χ2n) is 6.03. The van der Waals surface area contributed by atoms with Crippen LogP contribution in [0.15, 0.2) is 18.2 Å². The van der Waals surface area contributed by atoms with Gasteiger partial charge in [-0.25, -0.2) is 0 Å². The van der Waals surface area contributed by atoms with Crippen LogP contribution in [0.25, 0.3) is 0 Å². The molecule has 1 aromatic rings. The van der Waals surface area contributed by atoms with E-state index in [1.54, 1.807) is 6.07 Å². The number of nitro benzene ring substituents is 1. The van der Waals surface area contributed by atoms with E-state index in [-0.39, 0.29) is 23.3 Å². The summed E-state index contributed by atoms with van der Waals surface area (Å²) in [5.41, 5.74) is 0.687. The zero-order chi connectivity index (χ0) is 14.3. The van der Waals surface area contributed by atoms with Gasteiger partial charge in [0.1, 0.15) is 6.10 Å². The largest absolute Gasteiger partial charge is 0.483 e. The molecular weight excluding hydrogens is 258 g/mol. The minimum Gasteiger partial charge on any atom is -0.483 e. The predicted molar refractivity (Wildman–Crippen MR) is 73.8 cm³/mol. The lowest BCUT2D eigenvalue weighted by Gasteiger charge is -2.50. The molecule has 108 valence electrons. The number of aryl methyl sites for hydroxylation is 1. The second-order valence-corrected chi connectivity index (χ2v) is 6.03. The summed E-state index contributed by atoms with van der Waals surface area (Å²) >= 11 is 0. The van der Waals surface area contributed by atoms with Gasteiger partial charge >= 0.3 is 5.69 Å². The summed E-state index contributed by atoms with van der Waals surface area (Å²) in [6, 6.07) is 5.02. The van der Waals surface area contributed by atoms with Crippen LogP contribution in [0.4, 0.5) is 5.69 Å². The molecule has 0 bridgehead atoms. The number of aliphatic hydroxyl groups excluding tert-OH is 1. The summed E-state index contributed by atoms with van der Waals surface area (Å²) in [6.45, 7) is 1.82. The predicted octanol–water partition coefficient (Wildman–Crippen LogP) is 2.98. The molecule has 5 nitrogen and oxygen atoms in total. The highest BCUT2D eigenvalue weighted by Crippen LogP contribution is 2.55. The molecule has 2 fully saturated rings. The number of rotatable bonds is 3. The van der Waals surface area contributed by atoms with Crippen molar-refractivity contribution < 1.29 is 14.8 Å². The highest BCUT2D eigenvalue weighted by atomic mass is 16.6. The highest BCUT2D eigenvalue weighted by Gasteiger charge is 2.57. The van der Waals surface area contributed by atoms with E-state index in [2.05, 4.69) is 0 Å². The van der Waals surface area contributed by atoms with Gasteiger partial charge in [-0.3, -0.25) is 10.1 Å². The summed E-state index contributed by atoms with van der Waals surface area (Å²) in [5.74, 6) is 0.323. The average molecular weight is 277 g/mol. The molecule has 0 heterocycles. The van der Waals surface area contributed by atoms with Crippen molar-refractivity contribution in [1.29, 1.82) is 0 Å². The molecule has 3 rings (SSSR count). The summed E-state index contributed by atoms with van der Waals surface area (Å²) in [6.07, 6.45) is 4.28. The quantitative estimate of drug-likeness (QED) is 0.681. The van der Waals surface area contributed by atoms with Crippen LogP contribution in [0.3, 0.4) is 0 Å². The first-order valence-electron chi connectivity index (χ1n) is 7.13. The van der Waals surface area contributed by atoms with Crippen LogP contribution in [0.5, 0.6) is 5.75 Å². The third kappa shape index (κ3) is 1.97. The second kappa shape index (κ2) is 4.74. The Kier molecular flexibility index (Phi) is 3.17. The van der Waals surface area contributed by atoms with E-state index in [4.69, 9.17) is 4.74 Å². The first-order valence-corrected chi connectivity index (χ1v) is 7.13. The van der Waals surface area contributed by atoms with Crippen LogP contribution in [-0.2, 0) is 0 Å². The van der Waals surface area contributed by atoms with Crippen LogP contribution in [-0.4, -0.2) is 22.2 Å². The molecule has 1 spiro atoms. The Morgan fingerprint density at radius 2 is 2.10 bits per heavy atom. The molecule has 0 amide bonds. The van der Waals surface area contributed by atoms with Gasteiger partial charge in [-0.15, -0.1) is 0 Å². The smallest absolute Gasteiger partial charge is 0.311 e. The normalized spacial score (nSPS) is 27.3. The van der Waals surface area contributed by atoms with Crippen molar-refractivity contribution in [2.75, 3.05) is 0 Å². The molecule has 2 saturated carbocycles. The molecule has 0 saturated heterocycles. The van der Waals surface area contributed by atoms with Gasteiger partial charge in [-0.05, 0) is 31.4 Å². The van der Waals surface area contributed by atoms with Gasteiger partial charge in [0.2, 0.25) is 0 Å². The maximum atomic E-state index is 11.1. The Hall–Kier alpha value is -1.62. The molecule has 1 aromatic carbocycles. The van der Waals surface area contributed by atoms with Gasteiger partial charge in [-0.2, -0.15) is 0 Å². The standard InChI is InChI=1S/C15H19NO4/c1-10-4-5-12(11(8-10)16(18)19)20-14-9-13(17)15(14)6-2-3-7-15/h4-5,8,13-14,17H,2-3,6-7,9H2,1H3. The first kappa shape index (κ1) is 13.4. The van der Waals surface area contributed by atoms with E-state index < -0.39 is 4.92 Å². The zero-order valence-electron chi connectivity index (χ0n) is 11.5. The Labute approximate surface area is 117 Å². The summed E-state index contributed by atoms with van der Waals surface area (Å²) < 4.78 is 5.90. The summed E-state index contributed by atoms with van der Waals surface area (Å²) in [7, 11) is 0. The Morgan fingerprint density at radius 1 is 1.40 bits per heavy atom. The lowest BCUT2D eigenvalue weighted by atomic mass is 9.62. The van der Waals surface area contributed by atoms with E-state index in [9.17, 15) is 15.2 Å². The van der Waals surface area contributed by atoms with Crippen molar-refractivity contribution in [3.8, 4) is 5.75 Å². The van der Waals surface area contributed by atoms with Gasteiger partial charge in [0, 0.05) is 17.9 Å². The number of benzene rings is 1. The van der Waals surface area contributed by atoms with Crippen molar-refractivity contribution in [3.63, 3.8) is 0 Å². The fourth-order valence-corrected chi connectivity index (χ4v) is 3.60. The third-order valence-electron chi connectivity index (χ3n) is 4.86. The molecule has 2 atom stereocenters. The Morgan fingerprint density at radius 3 is 2.70 bits per heavy atom. The van der Waals surface area contributed by atoms with Crippen molar-refractivity contribution in [2.45, 2.75) is 51.2 Å². The number of hydrogen-bond acceptors (Lipinski definition) is 4. The number of ether oxygens (including phenoxy) is 1. The van der Waals surface area contributed by atoms with Gasteiger partial charge in [0.25, 0.3) is 0 Å². The minimum absolute atomic E-state index is 0.0135. The molecule has 0 aliphatic heterocycles. The van der Waals surface area contributed by atoms with Gasteiger partial charge in [-0.1, -0.05) is 18.9 Å². The monoisotopic (exact) mass is 277 g/mol. The minimum atomic E-state index is -0.404. The molecule has 5 heteroatoms. The number of hydrogen-bond donors (Lipinski definition) is 1. The molecule has 1 N–H and O–H groups in total. The fraction of sp³-hybridized carbons (Fsp3) is 0.600. The summed E-state index contributed by atoms with van der Waals surface area (Å²) in [5, 5.41) is 21.2. The van der Waals surface area contributed by atoms with Crippen molar-refractivity contribution in [1.82, 2.24) is 0 Å². The molecule has 2 aliphatic carbocycles. The van der Waals surface area contributed by atoms with Crippen molar-refractivity contribution in [2.24, 2.45) is 5.41 Å². The number of nitro groups is 1. The van der Waals surface area contributed by atoms with E-state index in [1.165, 1.54) is 6.07 Å². The van der Waals surface area contributed by atoms with E-state index in [1.807, 2.05) is 13.0 Å². The van der Waals surface area contributed by atoms with Crippen LogP contribution >= 0.6 is 0 Å². The van der Waals surface area contributed by atoms with Crippen LogP contribution in [0.1, 0.15) is 37.7 Å². The zero-order valence-corrected chi connectivity index (χ0v) is 11.5. The topological polar surface area (TPSA) is 72.6 Å².